The first kappa shape index (κ1) is 22.7. The van der Waals surface area contributed by atoms with Gasteiger partial charge in [0.1, 0.15) is 11.3 Å². The van der Waals surface area contributed by atoms with Crippen molar-refractivity contribution in [2.24, 2.45) is 21.1 Å². The van der Waals surface area contributed by atoms with E-state index in [0.29, 0.717) is 11.5 Å². The van der Waals surface area contributed by atoms with E-state index in [9.17, 15) is 4.79 Å². The van der Waals surface area contributed by atoms with Crippen molar-refractivity contribution in [3.05, 3.63) is 95.3 Å². The quantitative estimate of drug-likeness (QED) is 0.385. The predicted octanol–water partition coefficient (Wildman–Crippen LogP) is 8.46. The topological polar surface area (TPSA) is 54.9 Å². The molecule has 1 aliphatic carbocycles. The Morgan fingerprint density at radius 2 is 1.36 bits per heavy atom. The van der Waals surface area contributed by atoms with Crippen molar-refractivity contribution in [2.45, 2.75) is 41.5 Å². The van der Waals surface area contributed by atoms with Crippen LogP contribution in [0, 0.1) is 10.8 Å². The number of benzene rings is 2. The van der Waals surface area contributed by atoms with E-state index >= 15 is 0 Å². The molecule has 0 saturated carbocycles. The highest BCUT2D eigenvalue weighted by Crippen LogP contribution is 2.41. The average molecular weight is 439 g/mol. The van der Waals surface area contributed by atoms with E-state index in [0.717, 1.165) is 33.4 Å². The minimum Gasteiger partial charge on any atom is -0.454 e. The van der Waals surface area contributed by atoms with Crippen LogP contribution < -0.4 is 0 Å². The zero-order valence-electron chi connectivity index (χ0n) is 20.1. The minimum absolute atomic E-state index is 0.0858. The van der Waals surface area contributed by atoms with Gasteiger partial charge in [-0.1, -0.05) is 77.9 Å². The summed E-state index contributed by atoms with van der Waals surface area (Å²) in [6.45, 7) is 12.4. The molecular formula is C29H30N2O2. The lowest BCUT2D eigenvalue weighted by Crippen LogP contribution is -2.28. The molecule has 0 spiro atoms. The van der Waals surface area contributed by atoms with Gasteiger partial charge in [-0.15, -0.1) is 5.11 Å². The first-order valence-electron chi connectivity index (χ1n) is 11.2. The van der Waals surface area contributed by atoms with Crippen molar-refractivity contribution in [3.63, 3.8) is 0 Å². The van der Waals surface area contributed by atoms with Crippen LogP contribution in [0.1, 0.15) is 47.3 Å². The third-order valence-electron chi connectivity index (χ3n) is 5.66. The fourth-order valence-electron chi connectivity index (χ4n) is 3.83. The summed E-state index contributed by atoms with van der Waals surface area (Å²) in [5.41, 5.74) is 3.84. The maximum Gasteiger partial charge on any atom is 0.186 e. The van der Waals surface area contributed by atoms with Crippen LogP contribution >= 0.6 is 0 Å². The largest absolute Gasteiger partial charge is 0.454 e. The first-order valence-corrected chi connectivity index (χ1v) is 11.2. The standard InChI is InChI=1S/C29H30N2O2/c1-28(2,3)22-16-20(17-23(27(22)32)29(4,5)6)26(31-30-21-13-8-7-9-14-21)25-18-19-12-10-11-15-24(19)33-25/h7-18H,1-6H3. The van der Waals surface area contributed by atoms with Crippen molar-refractivity contribution in [1.29, 1.82) is 0 Å². The molecule has 33 heavy (non-hydrogen) atoms. The Labute approximate surface area is 195 Å². The molecule has 0 unspecified atom stereocenters. The van der Waals surface area contributed by atoms with Crippen LogP contribution in [0.25, 0.3) is 16.7 Å². The molecule has 4 rings (SSSR count). The van der Waals surface area contributed by atoms with Crippen molar-refractivity contribution in [2.75, 3.05) is 0 Å². The molecule has 1 aliphatic rings. The number of Topliss-reactive ketones (excluding diaryl/α,β-unsaturated/α-hetero) is 1. The maximum absolute atomic E-state index is 13.4. The van der Waals surface area contributed by atoms with Gasteiger partial charge in [0, 0.05) is 22.1 Å². The molecular weight excluding hydrogens is 408 g/mol. The summed E-state index contributed by atoms with van der Waals surface area (Å²) in [5, 5.41) is 10.1. The Kier molecular flexibility index (Phi) is 5.79. The SMILES string of the molecule is CC(C)(C)C1=CC(=C(N=Nc2ccccc2)c2cc3ccccc3o2)C=C(C(C)(C)C)C1=O. The molecule has 2 aromatic carbocycles. The zero-order valence-corrected chi connectivity index (χ0v) is 20.1. The summed E-state index contributed by atoms with van der Waals surface area (Å²) >= 11 is 0. The molecule has 1 heterocycles. The Bertz CT molecular complexity index is 1250. The molecule has 168 valence electrons. The number of azo groups is 1. The lowest BCUT2D eigenvalue weighted by molar-refractivity contribution is -0.114. The second kappa shape index (κ2) is 8.43. The molecule has 0 aliphatic heterocycles. The first-order chi connectivity index (χ1) is 15.5. The summed E-state index contributed by atoms with van der Waals surface area (Å²) < 4.78 is 6.19. The lowest BCUT2D eigenvalue weighted by atomic mass is 9.71. The second-order valence-corrected chi connectivity index (χ2v) is 10.4. The molecule has 0 N–H and O–H groups in total. The molecule has 4 nitrogen and oxygen atoms in total. The number of rotatable bonds is 3. The number of fused-ring (bicyclic) bond motifs is 1. The summed E-state index contributed by atoms with van der Waals surface area (Å²) in [5.74, 6) is 0.706. The number of carbonyl (C=O) groups excluding carboxylic acids is 1. The smallest absolute Gasteiger partial charge is 0.186 e. The van der Waals surface area contributed by atoms with Crippen molar-refractivity contribution in [3.8, 4) is 0 Å². The molecule has 4 heteroatoms. The molecule has 1 aromatic heterocycles. The number of furan rings is 1. The van der Waals surface area contributed by atoms with E-state index in [1.54, 1.807) is 0 Å². The van der Waals surface area contributed by atoms with Gasteiger partial charge < -0.3 is 4.42 Å². The maximum atomic E-state index is 13.4. The van der Waals surface area contributed by atoms with Crippen molar-refractivity contribution < 1.29 is 9.21 Å². The highest BCUT2D eigenvalue weighted by molar-refractivity contribution is 6.12. The van der Waals surface area contributed by atoms with Gasteiger partial charge in [0.2, 0.25) is 0 Å². The van der Waals surface area contributed by atoms with Crippen LogP contribution in [0.15, 0.2) is 104 Å². The van der Waals surface area contributed by atoms with E-state index < -0.39 is 0 Å². The summed E-state index contributed by atoms with van der Waals surface area (Å²) in [6, 6.07) is 19.5. The highest BCUT2D eigenvalue weighted by atomic mass is 16.3. The fraction of sp³-hybridized carbons (Fsp3) is 0.276. The molecule has 0 amide bonds. The fourth-order valence-corrected chi connectivity index (χ4v) is 3.83. The number of carbonyl (C=O) groups is 1. The van der Waals surface area contributed by atoms with Crippen LogP contribution in [-0.4, -0.2) is 5.78 Å². The van der Waals surface area contributed by atoms with Crippen LogP contribution in [-0.2, 0) is 4.79 Å². The van der Waals surface area contributed by atoms with Gasteiger partial charge in [-0.25, -0.2) is 0 Å². The molecule has 0 fully saturated rings. The van der Waals surface area contributed by atoms with Crippen LogP contribution in [0.4, 0.5) is 5.69 Å². The van der Waals surface area contributed by atoms with E-state index in [4.69, 9.17) is 4.42 Å². The number of ketones is 1. The Balaban J connectivity index is 1.99. The van der Waals surface area contributed by atoms with E-state index in [2.05, 4.69) is 51.8 Å². The van der Waals surface area contributed by atoms with Gasteiger partial charge >= 0.3 is 0 Å². The number of para-hydroxylation sites is 1. The summed E-state index contributed by atoms with van der Waals surface area (Å²) in [6.07, 6.45) is 3.90. The Morgan fingerprint density at radius 1 is 0.788 bits per heavy atom. The molecule has 0 bridgehead atoms. The van der Waals surface area contributed by atoms with E-state index in [1.165, 1.54) is 0 Å². The van der Waals surface area contributed by atoms with Gasteiger partial charge in [0.05, 0.1) is 5.69 Å². The van der Waals surface area contributed by atoms with Crippen LogP contribution in [0.5, 0.6) is 0 Å². The third-order valence-corrected chi connectivity index (χ3v) is 5.66. The van der Waals surface area contributed by atoms with Gasteiger partial charge in [0.25, 0.3) is 0 Å². The van der Waals surface area contributed by atoms with E-state index in [-0.39, 0.29) is 16.6 Å². The Morgan fingerprint density at radius 3 is 1.94 bits per heavy atom. The van der Waals surface area contributed by atoms with Gasteiger partial charge in [-0.3, -0.25) is 4.79 Å². The van der Waals surface area contributed by atoms with Crippen LogP contribution in [0.2, 0.25) is 0 Å². The summed E-state index contributed by atoms with van der Waals surface area (Å²) in [4.78, 5) is 13.4. The van der Waals surface area contributed by atoms with Crippen molar-refractivity contribution >= 4 is 28.1 Å². The molecule has 0 saturated heterocycles. The second-order valence-electron chi connectivity index (χ2n) is 10.4. The predicted molar refractivity (Wildman–Crippen MR) is 134 cm³/mol. The van der Waals surface area contributed by atoms with Gasteiger partial charge in [-0.05, 0) is 47.2 Å². The van der Waals surface area contributed by atoms with Gasteiger partial charge in [-0.2, -0.15) is 5.11 Å². The number of nitrogens with zero attached hydrogens (tertiary/aromatic N) is 2. The Hall–Kier alpha value is -3.53. The molecule has 0 atom stereocenters. The molecule has 3 aromatic rings. The summed E-state index contributed by atoms with van der Waals surface area (Å²) in [7, 11) is 0. The minimum atomic E-state index is -0.317. The van der Waals surface area contributed by atoms with Crippen molar-refractivity contribution in [1.82, 2.24) is 0 Å². The van der Waals surface area contributed by atoms with E-state index in [1.807, 2.05) is 72.8 Å². The lowest BCUT2D eigenvalue weighted by Gasteiger charge is -2.31. The van der Waals surface area contributed by atoms with Crippen LogP contribution in [0.3, 0.4) is 0 Å². The normalized spacial score (nSPS) is 15.2. The number of allylic oxidation sites excluding steroid dienone is 5. The molecule has 0 radical (unpaired) electrons. The monoisotopic (exact) mass is 438 g/mol. The average Bonchev–Trinajstić information content (AvgIpc) is 3.17. The zero-order chi connectivity index (χ0) is 23.8. The third kappa shape index (κ3) is 4.80. The van der Waals surface area contributed by atoms with Gasteiger partial charge in [0.15, 0.2) is 11.5 Å². The number of hydrogen-bond acceptors (Lipinski definition) is 4. The highest BCUT2D eigenvalue weighted by Gasteiger charge is 2.35. The number of hydrogen-bond donors (Lipinski definition) is 0.